The molecule has 6 heteroatoms. The van der Waals surface area contributed by atoms with E-state index < -0.39 is 5.97 Å². The summed E-state index contributed by atoms with van der Waals surface area (Å²) in [4.78, 5) is 22.7. The van der Waals surface area contributed by atoms with Crippen molar-refractivity contribution in [2.75, 3.05) is 0 Å². The first-order valence-electron chi connectivity index (χ1n) is 7.03. The van der Waals surface area contributed by atoms with Crippen molar-refractivity contribution in [1.29, 1.82) is 0 Å². The Bertz CT molecular complexity index is 683. The van der Waals surface area contributed by atoms with E-state index in [1.807, 2.05) is 16.9 Å². The molecule has 21 heavy (non-hydrogen) atoms. The molecule has 2 aromatic rings. The molecule has 0 bridgehead atoms. The molecular weight excluding hydrogens is 270 g/mol. The fraction of sp³-hybridized carbons (Fsp3) is 0.400. The quantitative estimate of drug-likeness (QED) is 0.884. The van der Waals surface area contributed by atoms with Crippen LogP contribution < -0.4 is 5.56 Å². The van der Waals surface area contributed by atoms with E-state index in [2.05, 4.69) is 18.9 Å². The van der Waals surface area contributed by atoms with Crippen molar-refractivity contribution in [3.8, 4) is 0 Å². The number of hydrogen-bond acceptors (Lipinski definition) is 3. The zero-order chi connectivity index (χ0) is 15.4. The van der Waals surface area contributed by atoms with Crippen molar-refractivity contribution in [1.82, 2.24) is 14.3 Å². The van der Waals surface area contributed by atoms with E-state index in [4.69, 9.17) is 5.11 Å². The number of nitrogens with zero attached hydrogens (tertiary/aromatic N) is 3. The minimum Gasteiger partial charge on any atom is -0.478 e. The Morgan fingerprint density at radius 2 is 2.00 bits per heavy atom. The molecule has 2 rings (SSSR count). The van der Waals surface area contributed by atoms with Crippen LogP contribution in [0, 0.1) is 0 Å². The smallest absolute Gasteiger partial charge is 0.335 e. The molecule has 2 heterocycles. The highest BCUT2D eigenvalue weighted by atomic mass is 16.4. The Morgan fingerprint density at radius 3 is 2.57 bits per heavy atom. The number of rotatable bonds is 6. The molecule has 2 aromatic heterocycles. The molecule has 0 aromatic carbocycles. The van der Waals surface area contributed by atoms with Gasteiger partial charge in [-0.25, -0.2) is 4.79 Å². The van der Waals surface area contributed by atoms with Gasteiger partial charge in [0.15, 0.2) is 0 Å². The van der Waals surface area contributed by atoms with Gasteiger partial charge in [0.25, 0.3) is 5.56 Å². The first-order valence-corrected chi connectivity index (χ1v) is 7.03. The van der Waals surface area contributed by atoms with Crippen molar-refractivity contribution in [2.45, 2.75) is 39.3 Å². The van der Waals surface area contributed by atoms with Crippen molar-refractivity contribution in [3.05, 3.63) is 52.2 Å². The molecule has 0 saturated carbocycles. The van der Waals surface area contributed by atoms with Gasteiger partial charge in [0.1, 0.15) is 0 Å². The van der Waals surface area contributed by atoms with Gasteiger partial charge in [0.05, 0.1) is 23.8 Å². The van der Waals surface area contributed by atoms with Gasteiger partial charge in [-0.05, 0) is 25.0 Å². The van der Waals surface area contributed by atoms with Gasteiger partial charge in [-0.15, -0.1) is 0 Å². The second-order valence-electron chi connectivity index (χ2n) is 4.94. The Balaban J connectivity index is 2.19. The Kier molecular flexibility index (Phi) is 4.57. The molecule has 0 amide bonds. The van der Waals surface area contributed by atoms with Gasteiger partial charge in [0, 0.05) is 18.5 Å². The molecule has 1 N–H and O–H groups in total. The third kappa shape index (κ3) is 3.39. The number of aromatic carboxylic acids is 1. The molecule has 6 nitrogen and oxygen atoms in total. The Morgan fingerprint density at radius 1 is 1.29 bits per heavy atom. The summed E-state index contributed by atoms with van der Waals surface area (Å²) in [7, 11) is 0. The van der Waals surface area contributed by atoms with Crippen LogP contribution in [0.25, 0.3) is 0 Å². The molecule has 0 atom stereocenters. The second-order valence-corrected chi connectivity index (χ2v) is 4.94. The zero-order valence-corrected chi connectivity index (χ0v) is 12.2. The number of aromatic nitrogens is 3. The van der Waals surface area contributed by atoms with Gasteiger partial charge in [-0.2, -0.15) is 5.10 Å². The van der Waals surface area contributed by atoms with Gasteiger partial charge in [-0.1, -0.05) is 13.8 Å². The number of carbonyl (C=O) groups is 1. The molecule has 0 aliphatic heterocycles. The predicted molar refractivity (Wildman–Crippen MR) is 78.6 cm³/mol. The average Bonchev–Trinajstić information content (AvgIpc) is 2.91. The van der Waals surface area contributed by atoms with Gasteiger partial charge >= 0.3 is 5.97 Å². The molecule has 0 fully saturated rings. The van der Waals surface area contributed by atoms with Crippen molar-refractivity contribution in [3.63, 3.8) is 0 Å². The highest BCUT2D eigenvalue weighted by molar-refractivity contribution is 5.87. The first kappa shape index (κ1) is 15.0. The maximum atomic E-state index is 11.9. The van der Waals surface area contributed by atoms with E-state index in [-0.39, 0.29) is 11.1 Å². The lowest BCUT2D eigenvalue weighted by atomic mass is 10.2. The first-order chi connectivity index (χ1) is 10.0. The van der Waals surface area contributed by atoms with Gasteiger partial charge in [0.2, 0.25) is 0 Å². The van der Waals surface area contributed by atoms with Crippen molar-refractivity contribution >= 4 is 5.97 Å². The summed E-state index contributed by atoms with van der Waals surface area (Å²) in [5, 5.41) is 13.3. The fourth-order valence-electron chi connectivity index (χ4n) is 2.27. The number of hydrogen-bond donors (Lipinski definition) is 1. The van der Waals surface area contributed by atoms with E-state index in [1.54, 1.807) is 0 Å². The molecule has 0 aliphatic carbocycles. The highest BCUT2D eigenvalue weighted by Gasteiger charge is 2.09. The number of pyridine rings is 1. The highest BCUT2D eigenvalue weighted by Crippen LogP contribution is 2.14. The summed E-state index contributed by atoms with van der Waals surface area (Å²) in [6.45, 7) is 4.57. The summed E-state index contributed by atoms with van der Waals surface area (Å²) in [5.41, 5.74) is 0.442. The summed E-state index contributed by atoms with van der Waals surface area (Å²) in [5.74, 6) is -1.10. The average molecular weight is 289 g/mol. The van der Waals surface area contributed by atoms with E-state index in [0.29, 0.717) is 12.6 Å². The van der Waals surface area contributed by atoms with Crippen LogP contribution in [0.1, 0.15) is 48.8 Å². The lowest BCUT2D eigenvalue weighted by molar-refractivity contribution is 0.0696. The third-order valence-electron chi connectivity index (χ3n) is 3.56. The van der Waals surface area contributed by atoms with Gasteiger partial charge < -0.3 is 9.67 Å². The maximum absolute atomic E-state index is 11.9. The summed E-state index contributed by atoms with van der Waals surface area (Å²) in [6, 6.07) is 4.79. The second kappa shape index (κ2) is 6.39. The Hall–Kier alpha value is -2.37. The zero-order valence-electron chi connectivity index (χ0n) is 12.2. The van der Waals surface area contributed by atoms with Gasteiger partial charge in [-0.3, -0.25) is 9.48 Å². The van der Waals surface area contributed by atoms with Crippen molar-refractivity contribution in [2.24, 2.45) is 0 Å². The molecule has 0 unspecified atom stereocenters. The number of carboxylic acids is 1. The number of carboxylic acid groups (broad SMARTS) is 1. The minimum absolute atomic E-state index is 0.00110. The van der Waals surface area contributed by atoms with Crippen LogP contribution in [0.2, 0.25) is 0 Å². The molecule has 0 aliphatic rings. The lowest BCUT2D eigenvalue weighted by Crippen LogP contribution is -2.21. The molecular formula is C15H19N3O3. The molecule has 0 saturated heterocycles. The summed E-state index contributed by atoms with van der Waals surface area (Å²) in [6.07, 6.45) is 5.42. The molecule has 112 valence electrons. The largest absolute Gasteiger partial charge is 0.478 e. The normalized spacial score (nSPS) is 11.0. The summed E-state index contributed by atoms with van der Waals surface area (Å²) >= 11 is 0. The van der Waals surface area contributed by atoms with Crippen molar-refractivity contribution < 1.29 is 9.90 Å². The molecule has 0 spiro atoms. The SMILES string of the molecule is CCC(CC)n1ccc(Cn2ccc(C(=O)O)cc2=O)n1. The lowest BCUT2D eigenvalue weighted by Gasteiger charge is -2.12. The van der Waals surface area contributed by atoms with E-state index in [1.165, 1.54) is 16.8 Å². The minimum atomic E-state index is -1.10. The van der Waals surface area contributed by atoms with Crippen LogP contribution in [0.3, 0.4) is 0 Å². The summed E-state index contributed by atoms with van der Waals surface area (Å²) < 4.78 is 3.37. The van der Waals surface area contributed by atoms with Crippen LogP contribution in [0.15, 0.2) is 35.4 Å². The standard InChI is InChI=1S/C15H19N3O3/c1-3-13(4-2)18-8-6-12(16-18)10-17-7-5-11(15(20)21)9-14(17)19/h5-9,13H,3-4,10H2,1-2H3,(H,20,21). The van der Waals surface area contributed by atoms with E-state index in [0.717, 1.165) is 24.6 Å². The third-order valence-corrected chi connectivity index (χ3v) is 3.56. The fourth-order valence-corrected chi connectivity index (χ4v) is 2.27. The van der Waals surface area contributed by atoms with Crippen LogP contribution in [-0.4, -0.2) is 25.4 Å². The maximum Gasteiger partial charge on any atom is 0.335 e. The monoisotopic (exact) mass is 289 g/mol. The van der Waals surface area contributed by atoms with Crippen LogP contribution in [-0.2, 0) is 6.54 Å². The van der Waals surface area contributed by atoms with Crippen LogP contribution >= 0.6 is 0 Å². The van der Waals surface area contributed by atoms with E-state index >= 15 is 0 Å². The topological polar surface area (TPSA) is 77.1 Å². The van der Waals surface area contributed by atoms with E-state index in [9.17, 15) is 9.59 Å². The van der Waals surface area contributed by atoms with Crippen LogP contribution in [0.4, 0.5) is 0 Å². The predicted octanol–water partition coefficient (Wildman–Crippen LogP) is 2.15. The Labute approximate surface area is 122 Å². The molecule has 0 radical (unpaired) electrons. The van der Waals surface area contributed by atoms with Crippen LogP contribution in [0.5, 0.6) is 0 Å².